The Morgan fingerprint density at radius 1 is 1.04 bits per heavy atom. The summed E-state index contributed by atoms with van der Waals surface area (Å²) in [4.78, 5) is 35.2. The second-order valence-corrected chi connectivity index (χ2v) is 7.09. The van der Waals surface area contributed by atoms with Gasteiger partial charge in [0.05, 0.1) is 11.1 Å². The van der Waals surface area contributed by atoms with Gasteiger partial charge in [-0.15, -0.1) is 0 Å². The zero-order chi connectivity index (χ0) is 18.5. The number of rotatable bonds is 3. The summed E-state index contributed by atoms with van der Waals surface area (Å²) >= 11 is 0. The van der Waals surface area contributed by atoms with Crippen molar-refractivity contribution in [3.05, 3.63) is 58.1 Å². The summed E-state index contributed by atoms with van der Waals surface area (Å²) in [7, 11) is 0. The molecular weight excluding hydrogens is 320 g/mol. The summed E-state index contributed by atoms with van der Waals surface area (Å²) in [5.41, 5.74) is 2.72. The van der Waals surface area contributed by atoms with E-state index >= 15 is 0 Å². The van der Waals surface area contributed by atoms with E-state index in [4.69, 9.17) is 5.11 Å². The third kappa shape index (κ3) is 2.71. The third-order valence-electron chi connectivity index (χ3n) is 4.70. The minimum atomic E-state index is -1.18. The normalized spacial score (nSPS) is 15.1. The molecule has 0 aliphatic heterocycles. The van der Waals surface area contributed by atoms with Gasteiger partial charge in [-0.05, 0) is 47.7 Å². The molecule has 2 aromatic rings. The molecule has 25 heavy (non-hydrogen) atoms. The lowest BCUT2D eigenvalue weighted by atomic mass is 9.89. The second-order valence-electron chi connectivity index (χ2n) is 7.09. The second kappa shape index (κ2) is 5.55. The molecule has 0 heterocycles. The van der Waals surface area contributed by atoms with Gasteiger partial charge in [0, 0.05) is 11.0 Å². The summed E-state index contributed by atoms with van der Waals surface area (Å²) in [5.74, 6) is -2.26. The van der Waals surface area contributed by atoms with Gasteiger partial charge in [0.2, 0.25) is 0 Å². The van der Waals surface area contributed by atoms with Crippen LogP contribution in [0.3, 0.4) is 0 Å². The van der Waals surface area contributed by atoms with E-state index in [1.807, 2.05) is 19.9 Å². The van der Waals surface area contributed by atoms with Crippen LogP contribution in [0.25, 0.3) is 11.1 Å². The van der Waals surface area contributed by atoms with Gasteiger partial charge in [-0.3, -0.25) is 4.79 Å². The summed E-state index contributed by atoms with van der Waals surface area (Å²) in [6, 6.07) is 7.95. The summed E-state index contributed by atoms with van der Waals surface area (Å²) < 4.78 is 0. The van der Waals surface area contributed by atoms with E-state index in [0.29, 0.717) is 28.7 Å². The average molecular weight is 338 g/mol. The van der Waals surface area contributed by atoms with E-state index in [9.17, 15) is 19.5 Å². The van der Waals surface area contributed by atoms with Gasteiger partial charge in [-0.25, -0.2) is 9.59 Å². The van der Waals surface area contributed by atoms with Crippen LogP contribution >= 0.6 is 0 Å². The molecule has 0 atom stereocenters. The predicted molar refractivity (Wildman–Crippen MR) is 92.3 cm³/mol. The van der Waals surface area contributed by atoms with E-state index in [0.717, 1.165) is 5.56 Å². The molecule has 0 bridgehead atoms. The monoisotopic (exact) mass is 338 g/mol. The number of Topliss-reactive ketones (excluding diaryl/α,β-unsaturated/α-hetero) is 1. The third-order valence-corrected chi connectivity index (χ3v) is 4.70. The minimum absolute atomic E-state index is 0.0547. The van der Waals surface area contributed by atoms with Crippen molar-refractivity contribution in [2.45, 2.75) is 27.2 Å². The highest BCUT2D eigenvalue weighted by Gasteiger charge is 2.37. The molecule has 5 nitrogen and oxygen atoms in total. The number of carboxylic acid groups (broad SMARTS) is 2. The Labute approximate surface area is 144 Å². The summed E-state index contributed by atoms with van der Waals surface area (Å²) in [6.45, 7) is 5.48. The number of carbonyl (C=O) groups is 3. The van der Waals surface area contributed by atoms with Crippen LogP contribution < -0.4 is 0 Å². The van der Waals surface area contributed by atoms with Crippen LogP contribution in [0.4, 0.5) is 0 Å². The first kappa shape index (κ1) is 16.9. The van der Waals surface area contributed by atoms with Crippen LogP contribution in [0.2, 0.25) is 0 Å². The van der Waals surface area contributed by atoms with Crippen molar-refractivity contribution in [2.24, 2.45) is 5.41 Å². The van der Waals surface area contributed by atoms with Crippen LogP contribution in [0.1, 0.15) is 56.0 Å². The van der Waals surface area contributed by atoms with E-state index < -0.39 is 17.4 Å². The van der Waals surface area contributed by atoms with Gasteiger partial charge in [0.25, 0.3) is 0 Å². The molecule has 5 heteroatoms. The molecule has 3 rings (SSSR count). The smallest absolute Gasteiger partial charge is 0.336 e. The van der Waals surface area contributed by atoms with Gasteiger partial charge in [-0.1, -0.05) is 32.0 Å². The summed E-state index contributed by atoms with van der Waals surface area (Å²) in [5, 5.41) is 18.7. The molecule has 0 fully saturated rings. The van der Waals surface area contributed by atoms with Crippen molar-refractivity contribution in [3.63, 3.8) is 0 Å². The highest BCUT2D eigenvalue weighted by molar-refractivity contribution is 6.06. The Morgan fingerprint density at radius 3 is 2.32 bits per heavy atom. The standard InChI is InChI=1S/C20H18O5/c1-10-6-12(18(22)23)8-15(19(24)25)16(10)11-4-5-14-13(7-11)9-20(2,3)17(14)21/h4-8H,9H2,1-3H3,(H,22,23)(H,24,25). The number of hydrogen-bond donors (Lipinski definition) is 2. The molecule has 0 aromatic heterocycles. The van der Waals surface area contributed by atoms with Crippen LogP contribution in [0, 0.1) is 12.3 Å². The number of aryl methyl sites for hydroxylation is 1. The van der Waals surface area contributed by atoms with Crippen molar-refractivity contribution >= 4 is 17.7 Å². The van der Waals surface area contributed by atoms with Crippen molar-refractivity contribution in [3.8, 4) is 11.1 Å². The van der Waals surface area contributed by atoms with E-state index in [2.05, 4.69) is 0 Å². The van der Waals surface area contributed by atoms with Crippen LogP contribution in [-0.2, 0) is 6.42 Å². The first-order valence-electron chi connectivity index (χ1n) is 7.91. The Morgan fingerprint density at radius 2 is 1.72 bits per heavy atom. The van der Waals surface area contributed by atoms with Crippen molar-refractivity contribution < 1.29 is 24.6 Å². The molecule has 0 amide bonds. The highest BCUT2D eigenvalue weighted by atomic mass is 16.4. The number of carboxylic acids is 2. The molecule has 1 aliphatic rings. The number of benzene rings is 2. The molecule has 128 valence electrons. The van der Waals surface area contributed by atoms with Crippen LogP contribution in [0.15, 0.2) is 30.3 Å². The molecule has 0 saturated carbocycles. The molecule has 1 aliphatic carbocycles. The lowest BCUT2D eigenvalue weighted by Gasteiger charge is -2.13. The molecule has 0 spiro atoms. The van der Waals surface area contributed by atoms with Crippen LogP contribution in [0.5, 0.6) is 0 Å². The van der Waals surface area contributed by atoms with Crippen molar-refractivity contribution in [2.75, 3.05) is 0 Å². The fourth-order valence-corrected chi connectivity index (χ4v) is 3.50. The SMILES string of the molecule is Cc1cc(C(=O)O)cc(C(=O)O)c1-c1ccc2c(c1)CC(C)(C)C2=O. The number of fused-ring (bicyclic) bond motifs is 1. The summed E-state index contributed by atoms with van der Waals surface area (Å²) in [6.07, 6.45) is 0.601. The molecular formula is C20H18O5. The van der Waals surface area contributed by atoms with Crippen LogP contribution in [-0.4, -0.2) is 27.9 Å². The van der Waals surface area contributed by atoms with Gasteiger partial charge in [-0.2, -0.15) is 0 Å². The molecule has 0 radical (unpaired) electrons. The first-order chi connectivity index (χ1) is 11.6. The number of hydrogen-bond acceptors (Lipinski definition) is 3. The number of aromatic carboxylic acids is 2. The maximum absolute atomic E-state index is 12.4. The fraction of sp³-hybridized carbons (Fsp3) is 0.250. The quantitative estimate of drug-likeness (QED) is 0.887. The van der Waals surface area contributed by atoms with E-state index in [-0.39, 0.29) is 16.9 Å². The van der Waals surface area contributed by atoms with Gasteiger partial charge < -0.3 is 10.2 Å². The zero-order valence-corrected chi connectivity index (χ0v) is 14.2. The topological polar surface area (TPSA) is 91.7 Å². The lowest BCUT2D eigenvalue weighted by molar-refractivity contribution is 0.0696. The van der Waals surface area contributed by atoms with Gasteiger partial charge >= 0.3 is 11.9 Å². The maximum atomic E-state index is 12.4. The number of carbonyl (C=O) groups excluding carboxylic acids is 1. The Kier molecular flexibility index (Phi) is 3.75. The van der Waals surface area contributed by atoms with E-state index in [1.165, 1.54) is 12.1 Å². The first-order valence-corrected chi connectivity index (χ1v) is 7.91. The Bertz CT molecular complexity index is 937. The Balaban J connectivity index is 2.20. The Hall–Kier alpha value is -2.95. The molecule has 0 saturated heterocycles. The maximum Gasteiger partial charge on any atom is 0.336 e. The molecule has 2 N–H and O–H groups in total. The van der Waals surface area contributed by atoms with Gasteiger partial charge in [0.15, 0.2) is 5.78 Å². The van der Waals surface area contributed by atoms with E-state index in [1.54, 1.807) is 19.1 Å². The lowest BCUT2D eigenvalue weighted by Crippen LogP contribution is -2.18. The van der Waals surface area contributed by atoms with Crippen molar-refractivity contribution in [1.29, 1.82) is 0 Å². The largest absolute Gasteiger partial charge is 0.478 e. The predicted octanol–water partition coefficient (Wildman–Crippen LogP) is 3.82. The minimum Gasteiger partial charge on any atom is -0.478 e. The molecule has 2 aromatic carbocycles. The average Bonchev–Trinajstić information content (AvgIpc) is 2.75. The zero-order valence-electron chi connectivity index (χ0n) is 14.2. The molecule has 0 unspecified atom stereocenters. The van der Waals surface area contributed by atoms with Crippen molar-refractivity contribution in [1.82, 2.24) is 0 Å². The number of ketones is 1. The van der Waals surface area contributed by atoms with Gasteiger partial charge in [0.1, 0.15) is 0 Å². The fourth-order valence-electron chi connectivity index (χ4n) is 3.50. The highest BCUT2D eigenvalue weighted by Crippen LogP contribution is 2.39.